The lowest BCUT2D eigenvalue weighted by Gasteiger charge is -2.40. The number of aldehydes is 2. The Labute approximate surface area is 103 Å². The van der Waals surface area contributed by atoms with Gasteiger partial charge < -0.3 is 9.59 Å². The summed E-state index contributed by atoms with van der Waals surface area (Å²) < 4.78 is 0. The molecule has 0 saturated heterocycles. The van der Waals surface area contributed by atoms with Crippen LogP contribution < -0.4 is 0 Å². The number of carbonyl (C=O) groups excluding carboxylic acids is 2. The van der Waals surface area contributed by atoms with Crippen LogP contribution in [0.15, 0.2) is 0 Å². The molecule has 0 N–H and O–H groups in total. The minimum atomic E-state index is 0.172. The summed E-state index contributed by atoms with van der Waals surface area (Å²) >= 11 is 0. The van der Waals surface area contributed by atoms with E-state index in [1.807, 2.05) is 0 Å². The summed E-state index contributed by atoms with van der Waals surface area (Å²) in [6, 6.07) is 0. The van der Waals surface area contributed by atoms with Gasteiger partial charge in [0.05, 0.1) is 0 Å². The van der Waals surface area contributed by atoms with Crippen molar-refractivity contribution in [3.63, 3.8) is 0 Å². The first-order valence-electron chi connectivity index (χ1n) is 7.21. The van der Waals surface area contributed by atoms with Gasteiger partial charge >= 0.3 is 0 Å². The highest BCUT2D eigenvalue weighted by atomic mass is 16.1. The molecule has 0 radical (unpaired) electrons. The Balaban J connectivity index is 1.90. The number of carbonyl (C=O) groups is 2. The van der Waals surface area contributed by atoms with Gasteiger partial charge in [0.1, 0.15) is 12.6 Å². The Kier molecular flexibility index (Phi) is 2.84. The van der Waals surface area contributed by atoms with E-state index < -0.39 is 0 Å². The number of hydrogen-bond donors (Lipinski definition) is 0. The van der Waals surface area contributed by atoms with E-state index in [4.69, 9.17) is 0 Å². The van der Waals surface area contributed by atoms with Gasteiger partial charge in [-0.05, 0) is 55.3 Å². The van der Waals surface area contributed by atoms with Crippen molar-refractivity contribution in [3.05, 3.63) is 0 Å². The van der Waals surface area contributed by atoms with Crippen LogP contribution in [-0.2, 0) is 9.59 Å². The molecule has 3 saturated carbocycles. The first-order valence-corrected chi connectivity index (χ1v) is 7.21. The summed E-state index contributed by atoms with van der Waals surface area (Å²) in [6.45, 7) is 0. The maximum atomic E-state index is 11.3. The van der Waals surface area contributed by atoms with Gasteiger partial charge in [-0.15, -0.1) is 0 Å². The van der Waals surface area contributed by atoms with Crippen molar-refractivity contribution in [1.82, 2.24) is 0 Å². The SMILES string of the molecule is O=CCC1C(C=O)CC23CCCCC2CCC13. The molecule has 2 nitrogen and oxygen atoms in total. The third-order valence-corrected chi connectivity index (χ3v) is 6.05. The zero-order valence-corrected chi connectivity index (χ0v) is 10.4. The smallest absolute Gasteiger partial charge is 0.123 e. The fourth-order valence-corrected chi connectivity index (χ4v) is 5.47. The Morgan fingerprint density at radius 3 is 2.76 bits per heavy atom. The fourth-order valence-electron chi connectivity index (χ4n) is 5.47. The molecule has 0 amide bonds. The van der Waals surface area contributed by atoms with Gasteiger partial charge in [-0.25, -0.2) is 0 Å². The molecule has 17 heavy (non-hydrogen) atoms. The number of rotatable bonds is 3. The summed E-state index contributed by atoms with van der Waals surface area (Å²) in [4.78, 5) is 22.1. The van der Waals surface area contributed by atoms with Gasteiger partial charge in [0, 0.05) is 12.3 Å². The van der Waals surface area contributed by atoms with Crippen LogP contribution in [-0.4, -0.2) is 12.6 Å². The molecule has 5 atom stereocenters. The topological polar surface area (TPSA) is 34.1 Å². The zero-order valence-electron chi connectivity index (χ0n) is 10.4. The van der Waals surface area contributed by atoms with Gasteiger partial charge in [-0.3, -0.25) is 0 Å². The molecule has 0 aromatic heterocycles. The van der Waals surface area contributed by atoms with Crippen LogP contribution >= 0.6 is 0 Å². The first-order chi connectivity index (χ1) is 8.31. The van der Waals surface area contributed by atoms with Crippen molar-refractivity contribution in [2.75, 3.05) is 0 Å². The van der Waals surface area contributed by atoms with E-state index in [0.29, 0.717) is 23.7 Å². The van der Waals surface area contributed by atoms with Gasteiger partial charge in [-0.2, -0.15) is 0 Å². The fraction of sp³-hybridized carbons (Fsp3) is 0.867. The van der Waals surface area contributed by atoms with Crippen LogP contribution in [0.4, 0.5) is 0 Å². The maximum Gasteiger partial charge on any atom is 0.123 e. The first kappa shape index (κ1) is 11.4. The predicted molar refractivity (Wildman–Crippen MR) is 65.5 cm³/mol. The van der Waals surface area contributed by atoms with E-state index in [0.717, 1.165) is 24.9 Å². The summed E-state index contributed by atoms with van der Waals surface area (Å²) in [6.07, 6.45) is 11.9. The van der Waals surface area contributed by atoms with Gasteiger partial charge in [-0.1, -0.05) is 12.8 Å². The maximum absolute atomic E-state index is 11.3. The normalized spacial score (nSPS) is 48.5. The minimum Gasteiger partial charge on any atom is -0.303 e. The molecule has 0 aromatic rings. The van der Waals surface area contributed by atoms with Crippen molar-refractivity contribution >= 4 is 12.6 Å². The van der Waals surface area contributed by atoms with Crippen molar-refractivity contribution in [3.8, 4) is 0 Å². The van der Waals surface area contributed by atoms with Crippen LogP contribution in [0.2, 0.25) is 0 Å². The van der Waals surface area contributed by atoms with Crippen molar-refractivity contribution in [2.45, 2.75) is 51.4 Å². The Morgan fingerprint density at radius 1 is 1.12 bits per heavy atom. The van der Waals surface area contributed by atoms with E-state index in [2.05, 4.69) is 0 Å². The summed E-state index contributed by atoms with van der Waals surface area (Å²) in [5.41, 5.74) is 0.456. The summed E-state index contributed by atoms with van der Waals surface area (Å²) in [5.74, 6) is 2.08. The summed E-state index contributed by atoms with van der Waals surface area (Å²) in [5, 5.41) is 0. The molecule has 0 aliphatic heterocycles. The molecule has 0 bridgehead atoms. The average molecular weight is 234 g/mol. The lowest BCUT2D eigenvalue weighted by Crippen LogP contribution is -2.32. The Hall–Kier alpha value is -0.660. The molecule has 2 heteroatoms. The number of hydrogen-bond acceptors (Lipinski definition) is 2. The molecule has 3 rings (SSSR count). The summed E-state index contributed by atoms with van der Waals surface area (Å²) in [7, 11) is 0. The minimum absolute atomic E-state index is 0.172. The zero-order chi connectivity index (χ0) is 11.9. The lowest BCUT2D eigenvalue weighted by molar-refractivity contribution is -0.113. The molecule has 3 fully saturated rings. The average Bonchev–Trinajstić information content (AvgIpc) is 2.84. The third-order valence-electron chi connectivity index (χ3n) is 6.05. The van der Waals surface area contributed by atoms with Crippen LogP contribution in [0.25, 0.3) is 0 Å². The monoisotopic (exact) mass is 234 g/mol. The van der Waals surface area contributed by atoms with Gasteiger partial charge in [0.15, 0.2) is 0 Å². The van der Waals surface area contributed by atoms with Crippen molar-refractivity contribution < 1.29 is 9.59 Å². The largest absolute Gasteiger partial charge is 0.303 e. The molecule has 0 heterocycles. The Bertz CT molecular complexity index is 325. The van der Waals surface area contributed by atoms with Crippen LogP contribution in [0.3, 0.4) is 0 Å². The second-order valence-electron chi connectivity index (χ2n) is 6.43. The molecule has 3 aliphatic carbocycles. The van der Waals surface area contributed by atoms with E-state index >= 15 is 0 Å². The molecule has 94 valence electrons. The van der Waals surface area contributed by atoms with E-state index in [1.54, 1.807) is 0 Å². The standard InChI is InChI=1S/C15H22O2/c16-8-6-13-11(10-17)9-15-7-2-1-3-12(15)4-5-14(13)15/h8,10-14H,1-7,9H2. The Morgan fingerprint density at radius 2 is 2.00 bits per heavy atom. The van der Waals surface area contributed by atoms with Crippen LogP contribution in [0.1, 0.15) is 51.4 Å². The second-order valence-corrected chi connectivity index (χ2v) is 6.43. The van der Waals surface area contributed by atoms with Crippen LogP contribution in [0.5, 0.6) is 0 Å². The quantitative estimate of drug-likeness (QED) is 0.703. The highest BCUT2D eigenvalue weighted by Crippen LogP contribution is 2.66. The van der Waals surface area contributed by atoms with Crippen LogP contribution in [0, 0.1) is 29.1 Å². The molecule has 0 aromatic carbocycles. The lowest BCUT2D eigenvalue weighted by atomic mass is 9.64. The van der Waals surface area contributed by atoms with E-state index in [-0.39, 0.29) is 5.92 Å². The van der Waals surface area contributed by atoms with Gasteiger partial charge in [0.2, 0.25) is 0 Å². The van der Waals surface area contributed by atoms with Crippen molar-refractivity contribution in [1.29, 1.82) is 0 Å². The molecule has 3 aliphatic rings. The highest BCUT2D eigenvalue weighted by molar-refractivity contribution is 5.58. The van der Waals surface area contributed by atoms with Gasteiger partial charge in [0.25, 0.3) is 0 Å². The van der Waals surface area contributed by atoms with E-state index in [9.17, 15) is 9.59 Å². The molecule has 5 unspecified atom stereocenters. The van der Waals surface area contributed by atoms with Crippen molar-refractivity contribution in [2.24, 2.45) is 29.1 Å². The van der Waals surface area contributed by atoms with E-state index in [1.165, 1.54) is 38.5 Å². The second kappa shape index (κ2) is 4.22. The molecule has 1 spiro atoms. The third kappa shape index (κ3) is 1.52. The molecular weight excluding hydrogens is 212 g/mol. The molecular formula is C15H22O2. The highest BCUT2D eigenvalue weighted by Gasteiger charge is 2.59. The predicted octanol–water partition coefficient (Wildman–Crippen LogP) is 3.00.